The number of aromatic nitrogens is 1. The van der Waals surface area contributed by atoms with E-state index in [-0.39, 0.29) is 0 Å². The van der Waals surface area contributed by atoms with Gasteiger partial charge in [-0.2, -0.15) is 0 Å². The molecule has 1 aromatic rings. The van der Waals surface area contributed by atoms with E-state index in [0.29, 0.717) is 5.41 Å². The highest BCUT2D eigenvalue weighted by atomic mass is 15.2. The Balaban J connectivity index is 1.69. The summed E-state index contributed by atoms with van der Waals surface area (Å²) in [6.45, 7) is 6.82. The van der Waals surface area contributed by atoms with Gasteiger partial charge in [0.05, 0.1) is 11.9 Å². The van der Waals surface area contributed by atoms with E-state index in [2.05, 4.69) is 27.3 Å². The van der Waals surface area contributed by atoms with Crippen LogP contribution in [0.3, 0.4) is 0 Å². The average molecular weight is 203 g/mol. The van der Waals surface area contributed by atoms with Crippen molar-refractivity contribution in [1.82, 2.24) is 10.3 Å². The van der Waals surface area contributed by atoms with E-state index in [0.717, 1.165) is 5.69 Å². The second-order valence-electron chi connectivity index (χ2n) is 4.94. The largest absolute Gasteiger partial charge is 0.369 e. The number of aryl methyl sites for hydroxylation is 1. The number of anilines is 1. The maximum absolute atomic E-state index is 4.34. The summed E-state index contributed by atoms with van der Waals surface area (Å²) in [6.07, 6.45) is 3.33. The zero-order valence-corrected chi connectivity index (χ0v) is 9.16. The molecule has 0 unspecified atom stereocenters. The van der Waals surface area contributed by atoms with E-state index in [1.54, 1.807) is 0 Å². The molecule has 80 valence electrons. The Labute approximate surface area is 90.5 Å². The molecule has 0 bridgehead atoms. The summed E-state index contributed by atoms with van der Waals surface area (Å²) < 4.78 is 0. The quantitative estimate of drug-likeness (QED) is 0.743. The molecule has 0 saturated carbocycles. The molecule has 1 N–H and O–H groups in total. The number of nitrogens with zero attached hydrogens (tertiary/aromatic N) is 2. The average Bonchev–Trinajstić information content (AvgIpc) is 2.66. The van der Waals surface area contributed by atoms with E-state index in [1.807, 2.05) is 13.1 Å². The lowest BCUT2D eigenvalue weighted by atomic mass is 9.79. The monoisotopic (exact) mass is 203 g/mol. The van der Waals surface area contributed by atoms with Crippen molar-refractivity contribution in [2.45, 2.75) is 13.3 Å². The van der Waals surface area contributed by atoms with Crippen molar-refractivity contribution in [1.29, 1.82) is 0 Å². The summed E-state index contributed by atoms with van der Waals surface area (Å²) in [5.41, 5.74) is 2.94. The molecular weight excluding hydrogens is 186 g/mol. The maximum atomic E-state index is 4.34. The lowest BCUT2D eigenvalue weighted by Gasteiger charge is -2.49. The van der Waals surface area contributed by atoms with Gasteiger partial charge >= 0.3 is 0 Å². The number of nitrogens with one attached hydrogen (secondary N) is 1. The molecule has 2 fully saturated rings. The lowest BCUT2D eigenvalue weighted by molar-refractivity contribution is 0.243. The molecule has 0 atom stereocenters. The van der Waals surface area contributed by atoms with Crippen LogP contribution in [0.25, 0.3) is 0 Å². The van der Waals surface area contributed by atoms with Crippen molar-refractivity contribution < 1.29 is 0 Å². The van der Waals surface area contributed by atoms with Gasteiger partial charge in [-0.15, -0.1) is 0 Å². The Hall–Kier alpha value is -1.09. The molecule has 2 saturated heterocycles. The predicted octanol–water partition coefficient (Wildman–Crippen LogP) is 1.19. The number of rotatable bonds is 1. The lowest BCUT2D eigenvalue weighted by Crippen LogP contribution is -2.57. The van der Waals surface area contributed by atoms with Crippen molar-refractivity contribution >= 4 is 5.69 Å². The van der Waals surface area contributed by atoms with Crippen LogP contribution in [0.4, 0.5) is 5.69 Å². The molecular formula is C12H17N3. The number of hydrogen-bond acceptors (Lipinski definition) is 3. The third kappa shape index (κ3) is 1.51. The van der Waals surface area contributed by atoms with Gasteiger partial charge in [0.2, 0.25) is 0 Å². The number of pyridine rings is 1. The summed E-state index contributed by atoms with van der Waals surface area (Å²) in [6, 6.07) is 4.27. The summed E-state index contributed by atoms with van der Waals surface area (Å²) in [5, 5.41) is 3.45. The summed E-state index contributed by atoms with van der Waals surface area (Å²) in [4.78, 5) is 6.77. The van der Waals surface area contributed by atoms with Crippen LogP contribution in [0.2, 0.25) is 0 Å². The van der Waals surface area contributed by atoms with Gasteiger partial charge in [-0.3, -0.25) is 4.98 Å². The fraction of sp³-hybridized carbons (Fsp3) is 0.583. The van der Waals surface area contributed by atoms with Crippen molar-refractivity contribution in [2.24, 2.45) is 5.41 Å². The molecule has 0 amide bonds. The van der Waals surface area contributed by atoms with Crippen molar-refractivity contribution in [3.8, 4) is 0 Å². The highest BCUT2D eigenvalue weighted by molar-refractivity contribution is 5.48. The molecule has 0 aromatic carbocycles. The van der Waals surface area contributed by atoms with Crippen LogP contribution in [-0.2, 0) is 0 Å². The second-order valence-corrected chi connectivity index (χ2v) is 4.94. The molecule has 1 spiro atoms. The van der Waals surface area contributed by atoms with Gasteiger partial charge in [0.1, 0.15) is 0 Å². The Morgan fingerprint density at radius 3 is 2.87 bits per heavy atom. The minimum atomic E-state index is 0.574. The first-order valence-corrected chi connectivity index (χ1v) is 5.66. The zero-order valence-electron chi connectivity index (χ0n) is 9.16. The maximum Gasteiger partial charge on any atom is 0.0553 e. The van der Waals surface area contributed by atoms with E-state index in [4.69, 9.17) is 0 Å². The van der Waals surface area contributed by atoms with Crippen LogP contribution < -0.4 is 10.2 Å². The standard InChI is InChI=1S/C12H17N3/c1-10-2-3-11(6-14-10)15-8-12(9-15)4-5-13-7-12/h2-3,6,13H,4-5,7-9H2,1H3. The minimum Gasteiger partial charge on any atom is -0.369 e. The van der Waals surface area contributed by atoms with Crippen LogP contribution >= 0.6 is 0 Å². The molecule has 3 heterocycles. The molecule has 3 nitrogen and oxygen atoms in total. The summed E-state index contributed by atoms with van der Waals surface area (Å²) in [7, 11) is 0. The predicted molar refractivity (Wildman–Crippen MR) is 61.1 cm³/mol. The molecule has 1 aromatic heterocycles. The summed E-state index contributed by atoms with van der Waals surface area (Å²) >= 11 is 0. The highest BCUT2D eigenvalue weighted by Gasteiger charge is 2.44. The SMILES string of the molecule is Cc1ccc(N2CC3(CCNC3)C2)cn1. The van der Waals surface area contributed by atoms with E-state index in [9.17, 15) is 0 Å². The van der Waals surface area contributed by atoms with Gasteiger partial charge in [0, 0.05) is 30.7 Å². The van der Waals surface area contributed by atoms with Crippen LogP contribution in [0.1, 0.15) is 12.1 Å². The first-order valence-electron chi connectivity index (χ1n) is 5.66. The van der Waals surface area contributed by atoms with Gasteiger partial charge in [-0.1, -0.05) is 0 Å². The molecule has 0 radical (unpaired) electrons. The molecule has 2 aliphatic heterocycles. The van der Waals surface area contributed by atoms with Gasteiger partial charge in [0.15, 0.2) is 0 Å². The van der Waals surface area contributed by atoms with Gasteiger partial charge in [-0.05, 0) is 32.0 Å². The first kappa shape index (κ1) is 9.16. The molecule has 0 aliphatic carbocycles. The normalized spacial score (nSPS) is 23.1. The molecule has 3 heteroatoms. The van der Waals surface area contributed by atoms with E-state index < -0.39 is 0 Å². The van der Waals surface area contributed by atoms with E-state index in [1.165, 1.54) is 38.3 Å². The number of hydrogen-bond donors (Lipinski definition) is 1. The van der Waals surface area contributed by atoms with Crippen LogP contribution in [0.15, 0.2) is 18.3 Å². The Morgan fingerprint density at radius 1 is 1.40 bits per heavy atom. The van der Waals surface area contributed by atoms with E-state index >= 15 is 0 Å². The highest BCUT2D eigenvalue weighted by Crippen LogP contribution is 2.38. The van der Waals surface area contributed by atoms with Crippen LogP contribution in [-0.4, -0.2) is 31.2 Å². The summed E-state index contributed by atoms with van der Waals surface area (Å²) in [5.74, 6) is 0. The minimum absolute atomic E-state index is 0.574. The molecule has 2 aliphatic rings. The first-order chi connectivity index (χ1) is 7.27. The van der Waals surface area contributed by atoms with Crippen molar-refractivity contribution in [3.63, 3.8) is 0 Å². The zero-order chi connectivity index (χ0) is 10.3. The van der Waals surface area contributed by atoms with Gasteiger partial charge < -0.3 is 10.2 Å². The van der Waals surface area contributed by atoms with Gasteiger partial charge in [-0.25, -0.2) is 0 Å². The van der Waals surface area contributed by atoms with Gasteiger partial charge in [0.25, 0.3) is 0 Å². The Morgan fingerprint density at radius 2 is 2.27 bits per heavy atom. The van der Waals surface area contributed by atoms with Crippen molar-refractivity contribution in [3.05, 3.63) is 24.0 Å². The topological polar surface area (TPSA) is 28.2 Å². The fourth-order valence-corrected chi connectivity index (χ4v) is 2.66. The molecule has 3 rings (SSSR count). The fourth-order valence-electron chi connectivity index (χ4n) is 2.66. The molecule has 15 heavy (non-hydrogen) atoms. The Bertz CT molecular complexity index is 344. The third-order valence-corrected chi connectivity index (χ3v) is 3.65. The third-order valence-electron chi connectivity index (χ3n) is 3.65. The Kier molecular flexibility index (Phi) is 1.96. The second kappa shape index (κ2) is 3.20. The smallest absolute Gasteiger partial charge is 0.0553 e. The van der Waals surface area contributed by atoms with Crippen molar-refractivity contribution in [2.75, 3.05) is 31.1 Å². The van der Waals surface area contributed by atoms with Crippen LogP contribution in [0.5, 0.6) is 0 Å². The van der Waals surface area contributed by atoms with Crippen LogP contribution in [0, 0.1) is 12.3 Å².